The molecule has 4 rings (SSSR count). The molecular weight excluding hydrogens is 316 g/mol. The number of aryl methyl sites for hydroxylation is 2. The zero-order chi connectivity index (χ0) is 17.4. The normalized spacial score (nSPS) is 18.7. The third kappa shape index (κ3) is 3.08. The summed E-state index contributed by atoms with van der Waals surface area (Å²) in [5.41, 5.74) is 2.50. The minimum Gasteiger partial charge on any atom is -0.337 e. The average Bonchev–Trinajstić information content (AvgIpc) is 3.02. The van der Waals surface area contributed by atoms with E-state index in [4.69, 9.17) is 0 Å². The molecule has 25 heavy (non-hydrogen) atoms. The number of aromatic nitrogens is 4. The van der Waals surface area contributed by atoms with Crippen LogP contribution in [0.4, 0.5) is 0 Å². The summed E-state index contributed by atoms with van der Waals surface area (Å²) in [6, 6.07) is 5.69. The Morgan fingerprint density at radius 3 is 3.04 bits per heavy atom. The highest BCUT2D eigenvalue weighted by molar-refractivity contribution is 5.39. The molecular formula is C18H22N6O. The molecule has 1 aliphatic heterocycles. The number of imidazole rings is 1. The van der Waals surface area contributed by atoms with Crippen molar-refractivity contribution in [3.63, 3.8) is 0 Å². The highest BCUT2D eigenvalue weighted by Gasteiger charge is 2.27. The van der Waals surface area contributed by atoms with Gasteiger partial charge in [-0.1, -0.05) is 6.07 Å². The summed E-state index contributed by atoms with van der Waals surface area (Å²) < 4.78 is 3.66. The molecule has 7 heteroatoms. The molecule has 0 saturated carbocycles. The predicted molar refractivity (Wildman–Crippen MR) is 95.4 cm³/mol. The van der Waals surface area contributed by atoms with Gasteiger partial charge in [-0.05, 0) is 18.6 Å². The SMILES string of the molecule is Cc1ccc2nc(CN3CCNCC3c3nccn3C)cc(=O)n2c1. The smallest absolute Gasteiger partial charge is 0.258 e. The van der Waals surface area contributed by atoms with Crippen LogP contribution in [0.25, 0.3) is 5.65 Å². The molecule has 3 aromatic rings. The van der Waals surface area contributed by atoms with Crippen molar-refractivity contribution >= 4 is 5.65 Å². The van der Waals surface area contributed by atoms with Crippen LogP contribution in [0.1, 0.15) is 23.1 Å². The molecule has 130 valence electrons. The standard InChI is InChI=1S/C18H22N6O/c1-13-3-4-16-21-14(9-17(25)24(16)11-13)12-23-8-5-19-10-15(23)18-20-6-7-22(18)2/h3-4,6-7,9,11,15,19H,5,8,10,12H2,1-2H3. The molecule has 0 spiro atoms. The number of fused-ring (bicyclic) bond motifs is 1. The summed E-state index contributed by atoms with van der Waals surface area (Å²) in [6.45, 7) is 5.27. The van der Waals surface area contributed by atoms with E-state index < -0.39 is 0 Å². The Kier molecular flexibility index (Phi) is 4.10. The third-order valence-corrected chi connectivity index (χ3v) is 4.74. The topological polar surface area (TPSA) is 67.5 Å². The van der Waals surface area contributed by atoms with Crippen LogP contribution in [0.15, 0.2) is 41.6 Å². The lowest BCUT2D eigenvalue weighted by atomic mass is 10.1. The van der Waals surface area contributed by atoms with Crippen LogP contribution < -0.4 is 10.9 Å². The van der Waals surface area contributed by atoms with Crippen LogP contribution in [0.2, 0.25) is 0 Å². The molecule has 0 aromatic carbocycles. The first-order valence-corrected chi connectivity index (χ1v) is 8.53. The summed E-state index contributed by atoms with van der Waals surface area (Å²) in [5.74, 6) is 1.03. The summed E-state index contributed by atoms with van der Waals surface area (Å²) in [6.07, 6.45) is 5.62. The lowest BCUT2D eigenvalue weighted by molar-refractivity contribution is 0.143. The van der Waals surface area contributed by atoms with Gasteiger partial charge < -0.3 is 9.88 Å². The number of nitrogens with zero attached hydrogens (tertiary/aromatic N) is 5. The Bertz CT molecular complexity index is 960. The van der Waals surface area contributed by atoms with E-state index in [0.717, 1.165) is 36.7 Å². The first-order chi connectivity index (χ1) is 12.1. The van der Waals surface area contributed by atoms with Gasteiger partial charge in [0.15, 0.2) is 0 Å². The van der Waals surface area contributed by atoms with E-state index in [1.165, 1.54) is 0 Å². The fourth-order valence-corrected chi connectivity index (χ4v) is 3.44. The van der Waals surface area contributed by atoms with Crippen molar-refractivity contribution < 1.29 is 0 Å². The predicted octanol–water partition coefficient (Wildman–Crippen LogP) is 0.883. The number of piperazine rings is 1. The Morgan fingerprint density at radius 1 is 1.36 bits per heavy atom. The first-order valence-electron chi connectivity index (χ1n) is 8.53. The summed E-state index contributed by atoms with van der Waals surface area (Å²) in [5, 5.41) is 3.43. The summed E-state index contributed by atoms with van der Waals surface area (Å²) in [7, 11) is 2.01. The van der Waals surface area contributed by atoms with E-state index >= 15 is 0 Å². The van der Waals surface area contributed by atoms with Gasteiger partial charge in [0, 0.05) is 57.9 Å². The summed E-state index contributed by atoms with van der Waals surface area (Å²) in [4.78, 5) is 24.0. The van der Waals surface area contributed by atoms with Gasteiger partial charge in [-0.15, -0.1) is 0 Å². The maximum atomic E-state index is 12.4. The van der Waals surface area contributed by atoms with Gasteiger partial charge in [0.2, 0.25) is 0 Å². The molecule has 3 aromatic heterocycles. The van der Waals surface area contributed by atoms with Crippen LogP contribution in [-0.4, -0.2) is 43.5 Å². The van der Waals surface area contributed by atoms with Gasteiger partial charge in [-0.3, -0.25) is 14.1 Å². The molecule has 4 heterocycles. The fourth-order valence-electron chi connectivity index (χ4n) is 3.44. The number of rotatable bonds is 3. The van der Waals surface area contributed by atoms with E-state index in [2.05, 4.69) is 24.8 Å². The average molecular weight is 338 g/mol. The highest BCUT2D eigenvalue weighted by atomic mass is 16.1. The van der Waals surface area contributed by atoms with E-state index in [1.54, 1.807) is 10.5 Å². The van der Waals surface area contributed by atoms with Gasteiger partial charge in [0.25, 0.3) is 5.56 Å². The number of nitrogens with one attached hydrogen (secondary N) is 1. The van der Waals surface area contributed by atoms with Crippen LogP contribution in [0.5, 0.6) is 0 Å². The van der Waals surface area contributed by atoms with E-state index in [9.17, 15) is 4.79 Å². The first kappa shape index (κ1) is 16.0. The zero-order valence-corrected chi connectivity index (χ0v) is 14.5. The largest absolute Gasteiger partial charge is 0.337 e. The molecule has 0 bridgehead atoms. The van der Waals surface area contributed by atoms with Crippen LogP contribution >= 0.6 is 0 Å². The Hall–Kier alpha value is -2.51. The molecule has 1 saturated heterocycles. The lowest BCUT2D eigenvalue weighted by Crippen LogP contribution is -2.46. The van der Waals surface area contributed by atoms with Crippen molar-refractivity contribution in [1.82, 2.24) is 29.2 Å². The van der Waals surface area contributed by atoms with Gasteiger partial charge >= 0.3 is 0 Å². The van der Waals surface area contributed by atoms with Crippen molar-refractivity contribution in [1.29, 1.82) is 0 Å². The second-order valence-electron chi connectivity index (χ2n) is 6.61. The van der Waals surface area contributed by atoms with Gasteiger partial charge in [-0.25, -0.2) is 9.97 Å². The van der Waals surface area contributed by atoms with Crippen LogP contribution in [0.3, 0.4) is 0 Å². The van der Waals surface area contributed by atoms with Crippen molar-refractivity contribution in [2.24, 2.45) is 7.05 Å². The van der Waals surface area contributed by atoms with Crippen molar-refractivity contribution in [2.45, 2.75) is 19.5 Å². The third-order valence-electron chi connectivity index (χ3n) is 4.74. The fraction of sp³-hybridized carbons (Fsp3) is 0.389. The molecule has 1 atom stereocenters. The van der Waals surface area contributed by atoms with E-state index in [-0.39, 0.29) is 11.6 Å². The Labute approximate surface area is 145 Å². The van der Waals surface area contributed by atoms with Gasteiger partial charge in [0.1, 0.15) is 11.5 Å². The maximum absolute atomic E-state index is 12.4. The second-order valence-corrected chi connectivity index (χ2v) is 6.61. The molecule has 0 radical (unpaired) electrons. The van der Waals surface area contributed by atoms with Gasteiger partial charge in [-0.2, -0.15) is 0 Å². The number of pyridine rings is 1. The molecule has 1 fully saturated rings. The highest BCUT2D eigenvalue weighted by Crippen LogP contribution is 2.22. The minimum atomic E-state index is -0.0348. The lowest BCUT2D eigenvalue weighted by Gasteiger charge is -2.35. The van der Waals surface area contributed by atoms with Crippen molar-refractivity contribution in [2.75, 3.05) is 19.6 Å². The van der Waals surface area contributed by atoms with Crippen molar-refractivity contribution in [3.8, 4) is 0 Å². The minimum absolute atomic E-state index is 0.0348. The molecule has 7 nitrogen and oxygen atoms in total. The van der Waals surface area contributed by atoms with Crippen LogP contribution in [-0.2, 0) is 13.6 Å². The quantitative estimate of drug-likeness (QED) is 0.768. The Balaban J connectivity index is 1.66. The van der Waals surface area contributed by atoms with Crippen molar-refractivity contribution in [3.05, 3.63) is 64.2 Å². The number of hydrogen-bond acceptors (Lipinski definition) is 5. The molecule has 0 amide bonds. The van der Waals surface area contributed by atoms with Crippen LogP contribution in [0, 0.1) is 6.92 Å². The van der Waals surface area contributed by atoms with E-state index in [0.29, 0.717) is 12.2 Å². The maximum Gasteiger partial charge on any atom is 0.258 e. The monoisotopic (exact) mass is 338 g/mol. The molecule has 1 unspecified atom stereocenters. The Morgan fingerprint density at radius 2 is 2.24 bits per heavy atom. The number of hydrogen-bond donors (Lipinski definition) is 1. The summed E-state index contributed by atoms with van der Waals surface area (Å²) >= 11 is 0. The van der Waals surface area contributed by atoms with Gasteiger partial charge in [0.05, 0.1) is 11.7 Å². The molecule has 1 aliphatic rings. The second kappa shape index (κ2) is 6.42. The zero-order valence-electron chi connectivity index (χ0n) is 14.5. The molecule has 0 aliphatic carbocycles. The van der Waals surface area contributed by atoms with E-state index in [1.807, 2.05) is 44.7 Å². The molecule has 1 N–H and O–H groups in total.